The number of hydrogen-bond donors (Lipinski definition) is 0. The third-order valence-electron chi connectivity index (χ3n) is 10.6. The standard InChI is InChI=1S/C51H44N4OS.Pt/c1-30(2)36-23-41(31(3)4)49(42(24-36)32(5)6)51-54-44-25-37(43-20-17-33(7)29-53-43)26-47(50(44)57-51)56-38-18-19-40-39-15-11-12-16-45(39)55(46(40)28-38)48-27-35(21-22-52-48)34-13-9-8-10-14-34;/h8-25,27,29-32H,1-7H3;/q-2;+2/i7D3;. The maximum absolute atomic E-state index is 7.89. The molecule has 0 atom stereocenters. The molecule has 290 valence electrons. The molecule has 4 heterocycles. The van der Waals surface area contributed by atoms with Crippen molar-refractivity contribution < 1.29 is 29.9 Å². The molecule has 0 aliphatic rings. The van der Waals surface area contributed by atoms with Crippen LogP contribution in [0, 0.1) is 19.0 Å². The van der Waals surface area contributed by atoms with Gasteiger partial charge in [0.25, 0.3) is 0 Å². The Balaban J connectivity index is 0.00000514. The van der Waals surface area contributed by atoms with E-state index in [0.29, 0.717) is 28.7 Å². The van der Waals surface area contributed by atoms with Gasteiger partial charge in [-0.25, -0.2) is 4.98 Å². The Morgan fingerprint density at radius 2 is 1.48 bits per heavy atom. The van der Waals surface area contributed by atoms with Crippen LogP contribution in [0.3, 0.4) is 0 Å². The monoisotopic (exact) mass is 958 g/mol. The SMILES string of the molecule is [2H]C([2H])([2H])c1ccc(-c2[c-]c(Oc3[c-]c4c(cc3)c3ccccc3n4-c3cc(-c4ccccc4)ccn3)c3sc(-c4c(C(C)C)cc(C(C)C)cc4C(C)C)nc3c2)nc1.[Pt+2]. The quantitative estimate of drug-likeness (QED) is 0.135. The Morgan fingerprint density at radius 1 is 0.724 bits per heavy atom. The van der Waals surface area contributed by atoms with Crippen LogP contribution in [0.15, 0.2) is 122 Å². The van der Waals surface area contributed by atoms with Crippen molar-refractivity contribution in [2.75, 3.05) is 0 Å². The average molecular weight is 959 g/mol. The summed E-state index contributed by atoms with van der Waals surface area (Å²) in [6, 6.07) is 43.9. The molecular weight excluding hydrogens is 912 g/mol. The predicted molar refractivity (Wildman–Crippen MR) is 237 cm³/mol. The van der Waals surface area contributed by atoms with Crippen LogP contribution in [0.25, 0.3) is 70.8 Å². The molecule has 0 amide bonds. The van der Waals surface area contributed by atoms with Gasteiger partial charge >= 0.3 is 21.1 Å². The molecule has 0 fully saturated rings. The second-order valence-corrected chi connectivity index (χ2v) is 16.5. The smallest absolute Gasteiger partial charge is 0.501 e. The molecule has 5 aromatic carbocycles. The molecule has 4 aromatic heterocycles. The summed E-state index contributed by atoms with van der Waals surface area (Å²) in [4.78, 5) is 14.8. The number of benzene rings is 5. The van der Waals surface area contributed by atoms with Gasteiger partial charge in [0.15, 0.2) is 0 Å². The van der Waals surface area contributed by atoms with Gasteiger partial charge in [0.2, 0.25) is 0 Å². The Kier molecular flexibility index (Phi) is 9.90. The number of thiazole rings is 1. The van der Waals surface area contributed by atoms with E-state index >= 15 is 0 Å². The molecule has 9 rings (SSSR count). The fourth-order valence-corrected chi connectivity index (χ4v) is 8.72. The number of rotatable bonds is 9. The summed E-state index contributed by atoms with van der Waals surface area (Å²) in [5.74, 6) is 2.72. The van der Waals surface area contributed by atoms with Crippen LogP contribution in [0.5, 0.6) is 11.5 Å². The van der Waals surface area contributed by atoms with Crippen LogP contribution < -0.4 is 4.74 Å². The second kappa shape index (κ2) is 16.1. The molecule has 0 aliphatic carbocycles. The molecule has 0 bridgehead atoms. The van der Waals surface area contributed by atoms with E-state index < -0.39 is 6.85 Å². The number of para-hydroxylation sites is 1. The predicted octanol–water partition coefficient (Wildman–Crippen LogP) is 14.3. The average Bonchev–Trinajstić information content (AvgIpc) is 3.82. The van der Waals surface area contributed by atoms with Gasteiger partial charge in [-0.15, -0.1) is 29.1 Å². The zero-order valence-electron chi connectivity index (χ0n) is 36.2. The summed E-state index contributed by atoms with van der Waals surface area (Å²) in [5, 5.41) is 3.03. The van der Waals surface area contributed by atoms with Crippen molar-refractivity contribution in [3.8, 4) is 50.3 Å². The van der Waals surface area contributed by atoms with Gasteiger partial charge in [-0.05, 0) is 87.3 Å². The Morgan fingerprint density at radius 3 is 2.19 bits per heavy atom. The van der Waals surface area contributed by atoms with E-state index in [0.717, 1.165) is 54.0 Å². The van der Waals surface area contributed by atoms with E-state index in [1.54, 1.807) is 23.5 Å². The molecule has 0 saturated carbocycles. The topological polar surface area (TPSA) is 52.8 Å². The van der Waals surface area contributed by atoms with Gasteiger partial charge in [-0.1, -0.05) is 126 Å². The first-order valence-corrected chi connectivity index (χ1v) is 20.3. The molecule has 0 unspecified atom stereocenters. The largest absolute Gasteiger partial charge is 2.00 e. The van der Waals surface area contributed by atoms with Crippen LogP contribution in [-0.2, 0) is 21.1 Å². The van der Waals surface area contributed by atoms with E-state index in [4.69, 9.17) is 18.8 Å². The summed E-state index contributed by atoms with van der Waals surface area (Å²) in [6.45, 7) is 11.2. The molecule has 7 heteroatoms. The number of hydrogen-bond acceptors (Lipinski definition) is 5. The molecule has 58 heavy (non-hydrogen) atoms. The van der Waals surface area contributed by atoms with Gasteiger partial charge in [0.1, 0.15) is 10.8 Å². The minimum absolute atomic E-state index is 0. The minimum atomic E-state index is -2.26. The summed E-state index contributed by atoms with van der Waals surface area (Å²) in [6.07, 6.45) is 3.26. The van der Waals surface area contributed by atoms with E-state index in [1.165, 1.54) is 28.5 Å². The minimum Gasteiger partial charge on any atom is -0.501 e. The summed E-state index contributed by atoms with van der Waals surface area (Å²) >= 11 is 1.60. The first-order chi connectivity index (χ1) is 28.8. The number of nitrogens with zero attached hydrogens (tertiary/aromatic N) is 4. The Hall–Kier alpha value is -5.42. The van der Waals surface area contributed by atoms with Crippen molar-refractivity contribution in [1.29, 1.82) is 0 Å². The van der Waals surface area contributed by atoms with Crippen LogP contribution in [0.2, 0.25) is 0 Å². The van der Waals surface area contributed by atoms with Crippen LogP contribution in [-0.4, -0.2) is 19.5 Å². The zero-order valence-corrected chi connectivity index (χ0v) is 36.3. The van der Waals surface area contributed by atoms with E-state index in [9.17, 15) is 0 Å². The fraction of sp³-hybridized carbons (Fsp3) is 0.196. The van der Waals surface area contributed by atoms with Gasteiger partial charge in [-0.3, -0.25) is 4.98 Å². The molecular formula is C51H44N4OPtS. The molecule has 0 N–H and O–H groups in total. The number of aryl methyl sites for hydroxylation is 1. The Bertz CT molecular complexity index is 3020. The molecule has 0 spiro atoms. The normalized spacial score (nSPS) is 12.7. The van der Waals surface area contributed by atoms with Gasteiger partial charge in [-0.2, -0.15) is 17.4 Å². The van der Waals surface area contributed by atoms with Crippen LogP contribution >= 0.6 is 11.3 Å². The van der Waals surface area contributed by atoms with Crippen molar-refractivity contribution in [3.63, 3.8) is 0 Å². The number of fused-ring (bicyclic) bond motifs is 4. The van der Waals surface area contributed by atoms with Crippen molar-refractivity contribution >= 4 is 43.4 Å². The first kappa shape index (κ1) is 35.7. The third-order valence-corrected chi connectivity index (χ3v) is 11.7. The van der Waals surface area contributed by atoms with Gasteiger partial charge in [0, 0.05) is 43.6 Å². The Labute approximate surface area is 363 Å². The van der Waals surface area contributed by atoms with E-state index in [-0.39, 0.29) is 38.5 Å². The van der Waals surface area contributed by atoms with E-state index in [2.05, 4.69) is 112 Å². The number of aromatic nitrogens is 4. The third kappa shape index (κ3) is 7.29. The molecule has 0 radical (unpaired) electrons. The van der Waals surface area contributed by atoms with Crippen LogP contribution in [0.4, 0.5) is 0 Å². The second-order valence-electron chi connectivity index (χ2n) is 15.5. The number of ether oxygens (including phenoxy) is 1. The van der Waals surface area contributed by atoms with Gasteiger partial charge in [0.05, 0.1) is 5.75 Å². The maximum atomic E-state index is 7.89. The van der Waals surface area contributed by atoms with Crippen LogP contribution in [0.1, 0.15) is 85.7 Å². The van der Waals surface area contributed by atoms with Crippen molar-refractivity contribution in [2.24, 2.45) is 0 Å². The molecule has 0 saturated heterocycles. The first-order valence-electron chi connectivity index (χ1n) is 21.0. The van der Waals surface area contributed by atoms with Crippen molar-refractivity contribution in [2.45, 2.75) is 66.1 Å². The summed E-state index contributed by atoms with van der Waals surface area (Å²) < 4.78 is 33.5. The molecule has 5 nitrogen and oxygen atoms in total. The van der Waals surface area contributed by atoms with E-state index in [1.807, 2.05) is 54.7 Å². The van der Waals surface area contributed by atoms with Crippen molar-refractivity contribution in [1.82, 2.24) is 19.5 Å². The molecule has 9 aromatic rings. The molecule has 0 aliphatic heterocycles. The van der Waals surface area contributed by atoms with Gasteiger partial charge < -0.3 is 14.3 Å². The summed E-state index contributed by atoms with van der Waals surface area (Å²) in [7, 11) is 0. The number of pyridine rings is 2. The zero-order chi connectivity index (χ0) is 41.9. The fourth-order valence-electron chi connectivity index (χ4n) is 7.65. The maximum Gasteiger partial charge on any atom is 2.00 e. The summed E-state index contributed by atoms with van der Waals surface area (Å²) in [5.41, 5.74) is 11.2. The van der Waals surface area contributed by atoms with Crippen molar-refractivity contribution in [3.05, 3.63) is 156 Å².